The third kappa shape index (κ3) is 2.38. The average Bonchev–Trinajstić information content (AvgIpc) is 2.61. The van der Waals surface area contributed by atoms with Crippen LogP contribution < -0.4 is 5.32 Å². The second kappa shape index (κ2) is 5.07. The molecule has 0 atom stereocenters. The minimum absolute atomic E-state index is 0.181. The third-order valence-electron chi connectivity index (χ3n) is 2.44. The summed E-state index contributed by atoms with van der Waals surface area (Å²) in [5.74, 6) is 0.469. The minimum Gasteiger partial charge on any atom is -0.377 e. The lowest BCUT2D eigenvalue weighted by atomic mass is 10.2. The van der Waals surface area contributed by atoms with Gasteiger partial charge in [-0.25, -0.2) is 4.68 Å². The zero-order valence-corrected chi connectivity index (χ0v) is 8.86. The van der Waals surface area contributed by atoms with Crippen molar-refractivity contribution in [3.8, 4) is 0 Å². The SMILES string of the molecule is O=C(CCCF)Nc1ccnn1C1COC1. The van der Waals surface area contributed by atoms with Crippen molar-refractivity contribution in [2.45, 2.75) is 18.9 Å². The molecule has 1 aromatic heterocycles. The number of carbonyl (C=O) groups excluding carboxylic acids is 1. The van der Waals surface area contributed by atoms with E-state index in [0.29, 0.717) is 19.0 Å². The Kier molecular flexibility index (Phi) is 3.51. The summed E-state index contributed by atoms with van der Waals surface area (Å²) in [7, 11) is 0. The summed E-state index contributed by atoms with van der Waals surface area (Å²) in [4.78, 5) is 11.4. The molecular weight excluding hydrogens is 213 g/mol. The number of hydrogen-bond acceptors (Lipinski definition) is 3. The number of aromatic nitrogens is 2. The number of nitrogens with zero attached hydrogens (tertiary/aromatic N) is 2. The van der Waals surface area contributed by atoms with Crippen LogP contribution in [0, 0.1) is 0 Å². The molecule has 0 saturated carbocycles. The van der Waals surface area contributed by atoms with Crippen LogP contribution in [0.1, 0.15) is 18.9 Å². The van der Waals surface area contributed by atoms with Gasteiger partial charge in [-0.2, -0.15) is 5.10 Å². The Morgan fingerprint density at radius 3 is 3.12 bits per heavy atom. The van der Waals surface area contributed by atoms with Crippen molar-refractivity contribution >= 4 is 11.7 Å². The maximum atomic E-state index is 11.9. The molecule has 6 heteroatoms. The molecule has 0 aliphatic carbocycles. The highest BCUT2D eigenvalue weighted by molar-refractivity contribution is 5.89. The van der Waals surface area contributed by atoms with Gasteiger partial charge in [-0.05, 0) is 6.42 Å². The van der Waals surface area contributed by atoms with E-state index >= 15 is 0 Å². The van der Waals surface area contributed by atoms with Gasteiger partial charge >= 0.3 is 0 Å². The lowest BCUT2D eigenvalue weighted by molar-refractivity contribution is -0.116. The number of ether oxygens (including phenoxy) is 1. The van der Waals surface area contributed by atoms with Gasteiger partial charge in [0.25, 0.3) is 0 Å². The monoisotopic (exact) mass is 227 g/mol. The Hall–Kier alpha value is -1.43. The van der Waals surface area contributed by atoms with Crippen LogP contribution >= 0.6 is 0 Å². The van der Waals surface area contributed by atoms with Crippen molar-refractivity contribution in [1.29, 1.82) is 0 Å². The molecule has 1 aliphatic heterocycles. The first kappa shape index (κ1) is 11.1. The summed E-state index contributed by atoms with van der Waals surface area (Å²) in [6.45, 7) is 0.771. The van der Waals surface area contributed by atoms with Crippen molar-refractivity contribution in [1.82, 2.24) is 9.78 Å². The van der Waals surface area contributed by atoms with E-state index in [0.717, 1.165) is 0 Å². The lowest BCUT2D eigenvalue weighted by Gasteiger charge is -2.27. The van der Waals surface area contributed by atoms with Gasteiger partial charge in [-0.15, -0.1) is 0 Å². The van der Waals surface area contributed by atoms with Gasteiger partial charge in [-0.1, -0.05) is 0 Å². The average molecular weight is 227 g/mol. The summed E-state index contributed by atoms with van der Waals surface area (Å²) in [5, 5.41) is 6.83. The molecule has 0 spiro atoms. The molecule has 1 fully saturated rings. The predicted molar refractivity (Wildman–Crippen MR) is 55.9 cm³/mol. The Balaban J connectivity index is 1.93. The van der Waals surface area contributed by atoms with Crippen molar-refractivity contribution < 1.29 is 13.9 Å². The summed E-state index contributed by atoms with van der Waals surface area (Å²) in [5.41, 5.74) is 0. The summed E-state index contributed by atoms with van der Waals surface area (Å²) in [6, 6.07) is 1.93. The summed E-state index contributed by atoms with van der Waals surface area (Å²) >= 11 is 0. The maximum absolute atomic E-state index is 11.9. The van der Waals surface area contributed by atoms with E-state index in [1.807, 2.05) is 0 Å². The smallest absolute Gasteiger partial charge is 0.225 e. The lowest BCUT2D eigenvalue weighted by Crippen LogP contribution is -2.32. The quantitative estimate of drug-likeness (QED) is 0.820. The Morgan fingerprint density at radius 1 is 1.69 bits per heavy atom. The molecule has 1 N–H and O–H groups in total. The van der Waals surface area contributed by atoms with Gasteiger partial charge in [0, 0.05) is 12.5 Å². The number of halogens is 1. The molecule has 0 bridgehead atoms. The van der Waals surface area contributed by atoms with Gasteiger partial charge in [0.1, 0.15) is 11.9 Å². The predicted octanol–water partition coefficient (Wildman–Crippen LogP) is 1.14. The molecule has 0 aromatic carbocycles. The molecule has 0 radical (unpaired) electrons. The van der Waals surface area contributed by atoms with Crippen LogP contribution in [0.3, 0.4) is 0 Å². The van der Waals surface area contributed by atoms with Crippen molar-refractivity contribution in [3.63, 3.8) is 0 Å². The van der Waals surface area contributed by atoms with Gasteiger partial charge in [0.15, 0.2) is 0 Å². The first-order valence-corrected chi connectivity index (χ1v) is 5.28. The van der Waals surface area contributed by atoms with Crippen LogP contribution in [0.25, 0.3) is 0 Å². The standard InChI is InChI=1S/C10H14FN3O2/c11-4-1-2-10(15)13-9-3-5-12-14(9)8-6-16-7-8/h3,5,8H,1-2,4,6-7H2,(H,13,15). The van der Waals surface area contributed by atoms with Crippen LogP contribution in [-0.2, 0) is 9.53 Å². The maximum Gasteiger partial charge on any atom is 0.225 e. The van der Waals surface area contributed by atoms with Crippen LogP contribution in [0.15, 0.2) is 12.3 Å². The number of hydrogen-bond donors (Lipinski definition) is 1. The highest BCUT2D eigenvalue weighted by Gasteiger charge is 2.23. The van der Waals surface area contributed by atoms with Crippen LogP contribution in [-0.4, -0.2) is 35.6 Å². The van der Waals surface area contributed by atoms with Gasteiger partial charge in [-0.3, -0.25) is 9.18 Å². The van der Waals surface area contributed by atoms with Gasteiger partial charge in [0.2, 0.25) is 5.91 Å². The van der Waals surface area contributed by atoms with Gasteiger partial charge < -0.3 is 10.1 Å². The number of carbonyl (C=O) groups is 1. The molecule has 1 aliphatic rings. The molecule has 0 unspecified atom stereocenters. The first-order chi connectivity index (χ1) is 7.81. The first-order valence-electron chi connectivity index (χ1n) is 5.28. The van der Waals surface area contributed by atoms with E-state index in [4.69, 9.17) is 4.74 Å². The Labute approximate surface area is 92.6 Å². The van der Waals surface area contributed by atoms with Crippen molar-refractivity contribution in [2.24, 2.45) is 0 Å². The topological polar surface area (TPSA) is 56.2 Å². The molecule has 2 rings (SSSR count). The third-order valence-corrected chi connectivity index (χ3v) is 2.44. The molecule has 1 amide bonds. The fourth-order valence-corrected chi connectivity index (χ4v) is 1.50. The van der Waals surface area contributed by atoms with Crippen LogP contribution in [0.5, 0.6) is 0 Å². The number of alkyl halides is 1. The Morgan fingerprint density at radius 2 is 2.50 bits per heavy atom. The summed E-state index contributed by atoms with van der Waals surface area (Å²) in [6.07, 6.45) is 2.08. The summed E-state index contributed by atoms with van der Waals surface area (Å²) < 4.78 is 18.7. The molecule has 88 valence electrons. The Bertz CT molecular complexity index is 363. The highest BCUT2D eigenvalue weighted by atomic mass is 19.1. The molecule has 2 heterocycles. The molecule has 16 heavy (non-hydrogen) atoms. The largest absolute Gasteiger partial charge is 0.377 e. The molecule has 5 nitrogen and oxygen atoms in total. The second-order valence-corrected chi connectivity index (χ2v) is 3.69. The number of anilines is 1. The number of nitrogens with one attached hydrogen (secondary N) is 1. The normalized spacial score (nSPS) is 15.8. The van der Waals surface area contributed by atoms with Gasteiger partial charge in [0.05, 0.1) is 26.1 Å². The fraction of sp³-hybridized carbons (Fsp3) is 0.600. The molecule has 1 saturated heterocycles. The highest BCUT2D eigenvalue weighted by Crippen LogP contribution is 2.21. The molecule has 1 aromatic rings. The zero-order chi connectivity index (χ0) is 11.4. The second-order valence-electron chi connectivity index (χ2n) is 3.69. The van der Waals surface area contributed by atoms with Crippen molar-refractivity contribution in [2.75, 3.05) is 25.2 Å². The van der Waals surface area contributed by atoms with E-state index in [-0.39, 0.29) is 24.8 Å². The van der Waals surface area contributed by atoms with Crippen molar-refractivity contribution in [3.05, 3.63) is 12.3 Å². The van der Waals surface area contributed by atoms with Crippen LogP contribution in [0.4, 0.5) is 10.2 Å². The molecular formula is C10H14FN3O2. The number of rotatable bonds is 5. The van der Waals surface area contributed by atoms with E-state index in [1.165, 1.54) is 0 Å². The zero-order valence-electron chi connectivity index (χ0n) is 8.86. The fourth-order valence-electron chi connectivity index (χ4n) is 1.50. The minimum atomic E-state index is -0.469. The van der Waals surface area contributed by atoms with E-state index in [2.05, 4.69) is 10.4 Å². The van der Waals surface area contributed by atoms with E-state index in [1.54, 1.807) is 16.9 Å². The van der Waals surface area contributed by atoms with E-state index < -0.39 is 6.67 Å². The van der Waals surface area contributed by atoms with Crippen LogP contribution in [0.2, 0.25) is 0 Å². The van der Waals surface area contributed by atoms with E-state index in [9.17, 15) is 9.18 Å². The number of amides is 1.